The molecule has 0 heterocycles. The third-order valence-electron chi connectivity index (χ3n) is 7.09. The lowest BCUT2D eigenvalue weighted by Crippen LogP contribution is -2.36. The zero-order valence-corrected chi connectivity index (χ0v) is 22.2. The Hall–Kier alpha value is -3.71. The molecule has 0 unspecified atom stereocenters. The Kier molecular flexibility index (Phi) is 9.66. The van der Waals surface area contributed by atoms with Crippen molar-refractivity contribution < 1.29 is 0 Å². The Morgan fingerprint density at radius 3 is 1.46 bits per heavy atom. The van der Waals surface area contributed by atoms with Crippen molar-refractivity contribution in [2.24, 2.45) is 4.99 Å². The zero-order chi connectivity index (χ0) is 25.8. The lowest BCUT2D eigenvalue weighted by Gasteiger charge is -2.34. The Balaban J connectivity index is 1.88. The van der Waals surface area contributed by atoms with Crippen molar-refractivity contribution in [3.05, 3.63) is 156 Å². The van der Waals surface area contributed by atoms with E-state index in [1.807, 2.05) is 0 Å². The van der Waals surface area contributed by atoms with E-state index in [1.54, 1.807) is 0 Å². The van der Waals surface area contributed by atoms with Crippen molar-refractivity contribution in [3.8, 4) is 0 Å². The number of rotatable bonds is 13. The van der Waals surface area contributed by atoms with E-state index in [0.717, 1.165) is 42.5 Å². The fourth-order valence-electron chi connectivity index (χ4n) is 5.04. The van der Waals surface area contributed by atoms with E-state index in [4.69, 9.17) is 11.6 Å². The number of unbranched alkanes of at least 4 members (excludes halogenated alkanes) is 3. The Morgan fingerprint density at radius 2 is 1.03 bits per heavy atom. The highest BCUT2D eigenvalue weighted by atomic mass is 14.9. The average Bonchev–Trinajstić information content (AvgIpc) is 2.96. The van der Waals surface area contributed by atoms with Crippen LogP contribution in [0.15, 0.2) is 138 Å². The summed E-state index contributed by atoms with van der Waals surface area (Å²) in [7, 11) is 0. The van der Waals surface area contributed by atoms with Gasteiger partial charge in [0.1, 0.15) is 0 Å². The summed E-state index contributed by atoms with van der Waals surface area (Å²) in [6, 6.07) is 42.8. The molecule has 0 spiro atoms. The predicted molar refractivity (Wildman–Crippen MR) is 159 cm³/mol. The van der Waals surface area contributed by atoms with Gasteiger partial charge in [0.15, 0.2) is 0 Å². The van der Waals surface area contributed by atoms with Crippen LogP contribution in [0, 0.1) is 0 Å². The van der Waals surface area contributed by atoms with E-state index >= 15 is 0 Å². The van der Waals surface area contributed by atoms with Crippen LogP contribution in [-0.2, 0) is 12.8 Å². The van der Waals surface area contributed by atoms with Gasteiger partial charge in [-0.2, -0.15) is 0 Å². The fourth-order valence-corrected chi connectivity index (χ4v) is 5.04. The van der Waals surface area contributed by atoms with Gasteiger partial charge >= 0.3 is 0 Å². The molecule has 4 aromatic rings. The predicted octanol–water partition coefficient (Wildman–Crippen LogP) is 9.27. The number of hydrogen-bond donors (Lipinski definition) is 0. The summed E-state index contributed by atoms with van der Waals surface area (Å²) >= 11 is 0. The van der Waals surface area contributed by atoms with Crippen LogP contribution >= 0.6 is 0 Å². The van der Waals surface area contributed by atoms with Crippen LogP contribution in [0.2, 0.25) is 0 Å². The summed E-state index contributed by atoms with van der Waals surface area (Å²) in [5, 5.41) is 0. The smallest absolute Gasteiger partial charge is 0.0902 e. The minimum Gasteiger partial charge on any atom is -0.272 e. The number of nitrogens with zero attached hydrogens (tertiary/aromatic N) is 1. The Labute approximate surface area is 223 Å². The van der Waals surface area contributed by atoms with Crippen molar-refractivity contribution >= 4 is 5.71 Å². The molecular formula is C36H39N. The first-order valence-corrected chi connectivity index (χ1v) is 13.7. The van der Waals surface area contributed by atoms with Gasteiger partial charge in [0.2, 0.25) is 0 Å². The highest BCUT2D eigenvalue weighted by Gasteiger charge is 2.34. The van der Waals surface area contributed by atoms with Gasteiger partial charge in [-0.3, -0.25) is 4.99 Å². The van der Waals surface area contributed by atoms with E-state index in [-0.39, 0.29) is 0 Å². The van der Waals surface area contributed by atoms with E-state index < -0.39 is 5.54 Å². The van der Waals surface area contributed by atoms with Crippen LogP contribution in [0.25, 0.3) is 0 Å². The van der Waals surface area contributed by atoms with Crippen LogP contribution in [0.3, 0.4) is 0 Å². The van der Waals surface area contributed by atoms with E-state index in [2.05, 4.69) is 128 Å². The SMILES string of the molecule is C=C(CCCCCC)C(Cc1ccccc1)(Cc1ccccc1)N=C(c1ccccc1)c1ccccc1. The first-order chi connectivity index (χ1) is 18.2. The molecule has 0 aliphatic carbocycles. The molecule has 4 rings (SSSR count). The minimum atomic E-state index is -0.462. The van der Waals surface area contributed by atoms with E-state index in [9.17, 15) is 0 Å². The maximum absolute atomic E-state index is 5.75. The standard InChI is InChI=1S/C36H39N/c1-3-4-5-10-19-30(2)36(28-31-20-11-6-12-21-31,29-32-22-13-7-14-23-32)37-35(33-24-15-8-16-25-33)34-26-17-9-18-27-34/h6-9,11-18,20-27H,2-5,10,19,28-29H2,1H3. The largest absolute Gasteiger partial charge is 0.272 e. The third-order valence-corrected chi connectivity index (χ3v) is 7.09. The van der Waals surface area contributed by atoms with Crippen molar-refractivity contribution in [1.82, 2.24) is 0 Å². The Morgan fingerprint density at radius 1 is 0.595 bits per heavy atom. The quantitative estimate of drug-likeness (QED) is 0.102. The van der Waals surface area contributed by atoms with Gasteiger partial charge in [-0.1, -0.05) is 154 Å². The van der Waals surface area contributed by atoms with Gasteiger partial charge in [-0.25, -0.2) is 0 Å². The molecule has 0 aromatic heterocycles. The molecule has 0 aliphatic heterocycles. The molecule has 0 fully saturated rings. The molecule has 4 aromatic carbocycles. The molecule has 0 radical (unpaired) electrons. The topological polar surface area (TPSA) is 12.4 Å². The minimum absolute atomic E-state index is 0.462. The molecule has 0 N–H and O–H groups in total. The number of hydrogen-bond acceptors (Lipinski definition) is 1. The van der Waals surface area contributed by atoms with Crippen LogP contribution in [0.1, 0.15) is 61.3 Å². The van der Waals surface area contributed by atoms with E-state index in [1.165, 1.54) is 36.0 Å². The molecule has 0 bridgehead atoms. The van der Waals surface area contributed by atoms with Crippen molar-refractivity contribution in [2.45, 2.75) is 57.4 Å². The molecule has 0 aliphatic rings. The summed E-state index contributed by atoms with van der Waals surface area (Å²) < 4.78 is 0. The maximum atomic E-state index is 5.75. The molecule has 0 saturated carbocycles. The summed E-state index contributed by atoms with van der Waals surface area (Å²) in [5.41, 5.74) is 6.64. The summed E-state index contributed by atoms with van der Waals surface area (Å²) in [6.45, 7) is 7.01. The van der Waals surface area contributed by atoms with Gasteiger partial charge in [-0.05, 0) is 29.5 Å². The fraction of sp³-hybridized carbons (Fsp3) is 0.250. The van der Waals surface area contributed by atoms with Gasteiger partial charge in [-0.15, -0.1) is 0 Å². The van der Waals surface area contributed by atoms with Crippen LogP contribution in [0.5, 0.6) is 0 Å². The normalized spacial score (nSPS) is 11.2. The molecular weight excluding hydrogens is 446 g/mol. The van der Waals surface area contributed by atoms with Crippen molar-refractivity contribution in [2.75, 3.05) is 0 Å². The van der Waals surface area contributed by atoms with Gasteiger partial charge in [0.05, 0.1) is 11.3 Å². The third kappa shape index (κ3) is 7.40. The van der Waals surface area contributed by atoms with Crippen molar-refractivity contribution in [3.63, 3.8) is 0 Å². The van der Waals surface area contributed by atoms with Crippen LogP contribution in [0.4, 0.5) is 0 Å². The summed E-state index contributed by atoms with van der Waals surface area (Å²) in [6.07, 6.45) is 7.50. The average molecular weight is 486 g/mol. The molecule has 0 amide bonds. The molecule has 1 heteroatoms. The second-order valence-electron chi connectivity index (χ2n) is 9.96. The van der Waals surface area contributed by atoms with Crippen LogP contribution in [-0.4, -0.2) is 11.3 Å². The second-order valence-corrected chi connectivity index (χ2v) is 9.96. The van der Waals surface area contributed by atoms with Gasteiger partial charge in [0.25, 0.3) is 0 Å². The first kappa shape index (κ1) is 26.4. The van der Waals surface area contributed by atoms with E-state index in [0.29, 0.717) is 0 Å². The Bertz CT molecular complexity index is 1160. The van der Waals surface area contributed by atoms with Crippen molar-refractivity contribution in [1.29, 1.82) is 0 Å². The number of benzene rings is 4. The molecule has 0 saturated heterocycles. The number of aliphatic imine (C=N–C) groups is 1. The highest BCUT2D eigenvalue weighted by Crippen LogP contribution is 2.35. The van der Waals surface area contributed by atoms with Crippen LogP contribution < -0.4 is 0 Å². The summed E-state index contributed by atoms with van der Waals surface area (Å²) in [4.78, 5) is 5.75. The maximum Gasteiger partial charge on any atom is 0.0902 e. The first-order valence-electron chi connectivity index (χ1n) is 13.7. The van der Waals surface area contributed by atoms with Gasteiger partial charge in [0, 0.05) is 24.0 Å². The van der Waals surface area contributed by atoms with Gasteiger partial charge < -0.3 is 0 Å². The zero-order valence-electron chi connectivity index (χ0n) is 22.2. The lowest BCUT2D eigenvalue weighted by molar-refractivity contribution is 0.471. The second kappa shape index (κ2) is 13.6. The summed E-state index contributed by atoms with van der Waals surface area (Å²) in [5.74, 6) is 0. The monoisotopic (exact) mass is 485 g/mol. The molecule has 37 heavy (non-hydrogen) atoms. The molecule has 188 valence electrons. The highest BCUT2D eigenvalue weighted by molar-refractivity contribution is 6.13. The lowest BCUT2D eigenvalue weighted by atomic mass is 9.77. The molecule has 0 atom stereocenters. The molecule has 1 nitrogen and oxygen atoms in total.